The van der Waals surface area contributed by atoms with Gasteiger partial charge >= 0.3 is 0 Å². The summed E-state index contributed by atoms with van der Waals surface area (Å²) in [5, 5.41) is 0. The van der Waals surface area contributed by atoms with Crippen LogP contribution in [0.25, 0.3) is 0 Å². The molecule has 5 nitrogen and oxygen atoms in total. The number of ether oxygens (including phenoxy) is 2. The molecule has 0 bridgehead atoms. The number of likely N-dealkylation sites (N-methyl/N-ethyl adjacent to an activating group) is 1. The fourth-order valence-electron chi connectivity index (χ4n) is 1.88. The van der Waals surface area contributed by atoms with Gasteiger partial charge in [-0.2, -0.15) is 0 Å². The lowest BCUT2D eigenvalue weighted by atomic mass is 10.1. The Bertz CT molecular complexity index is 438. The van der Waals surface area contributed by atoms with Crippen LogP contribution in [0.5, 0.6) is 11.5 Å². The molecule has 1 aliphatic heterocycles. The van der Waals surface area contributed by atoms with Gasteiger partial charge in [-0.25, -0.2) is 0 Å². The first-order valence-electron chi connectivity index (χ1n) is 8.26. The maximum atomic E-state index is 9.05. The third kappa shape index (κ3) is 8.57. The van der Waals surface area contributed by atoms with Crippen LogP contribution in [0, 0.1) is 0 Å². The molecule has 0 saturated heterocycles. The van der Waals surface area contributed by atoms with E-state index in [1.54, 1.807) is 0 Å². The average molecular weight is 324 g/mol. The Balaban J connectivity index is 0.000000591. The maximum absolute atomic E-state index is 9.05. The first-order valence-corrected chi connectivity index (χ1v) is 8.26. The summed E-state index contributed by atoms with van der Waals surface area (Å²) in [6.45, 7) is 10.2. The number of hydrogen-bond donors (Lipinski definition) is 1. The summed E-state index contributed by atoms with van der Waals surface area (Å²) in [5.74, 6) is 1.74. The van der Waals surface area contributed by atoms with Crippen LogP contribution in [0.1, 0.15) is 39.7 Å². The second kappa shape index (κ2) is 12.9. The quantitative estimate of drug-likeness (QED) is 0.844. The summed E-state index contributed by atoms with van der Waals surface area (Å²) in [4.78, 5) is 11.4. The van der Waals surface area contributed by atoms with Crippen molar-refractivity contribution in [3.63, 3.8) is 0 Å². The smallest absolute Gasteiger partial charge is 0.231 e. The molecule has 0 saturated carbocycles. The van der Waals surface area contributed by atoms with Gasteiger partial charge in [0.2, 0.25) is 6.79 Å². The molecular weight excluding hydrogens is 292 g/mol. The molecule has 1 unspecified atom stereocenters. The Morgan fingerprint density at radius 3 is 2.35 bits per heavy atom. The minimum Gasteiger partial charge on any atom is -0.454 e. The van der Waals surface area contributed by atoms with Gasteiger partial charge < -0.3 is 24.9 Å². The predicted octanol–water partition coefficient (Wildman–Crippen LogP) is 2.86. The zero-order valence-electron chi connectivity index (χ0n) is 15.2. The molecule has 1 aliphatic rings. The molecule has 0 amide bonds. The van der Waals surface area contributed by atoms with E-state index in [1.807, 2.05) is 6.07 Å². The molecule has 0 aliphatic carbocycles. The number of fused-ring (bicyclic) bond motifs is 1. The zero-order valence-corrected chi connectivity index (χ0v) is 15.2. The van der Waals surface area contributed by atoms with Crippen LogP contribution in [0.3, 0.4) is 0 Å². The van der Waals surface area contributed by atoms with Crippen LogP contribution in [-0.4, -0.2) is 44.2 Å². The Kier molecular flexibility index (Phi) is 12.0. The van der Waals surface area contributed by atoms with E-state index < -0.39 is 0 Å². The minimum atomic E-state index is 0.139. The van der Waals surface area contributed by atoms with Gasteiger partial charge in [-0.1, -0.05) is 33.3 Å². The van der Waals surface area contributed by atoms with E-state index >= 15 is 0 Å². The van der Waals surface area contributed by atoms with Crippen molar-refractivity contribution in [2.75, 3.05) is 26.9 Å². The molecule has 0 fully saturated rings. The Morgan fingerprint density at radius 1 is 1.26 bits per heavy atom. The number of hydrogen-bond acceptors (Lipinski definition) is 5. The molecule has 1 heterocycles. The number of carbonyl (C=O) groups is 1. The molecule has 0 aromatic heterocycles. The predicted molar refractivity (Wildman–Crippen MR) is 95.1 cm³/mol. The van der Waals surface area contributed by atoms with Crippen molar-refractivity contribution in [1.82, 2.24) is 4.90 Å². The highest BCUT2D eigenvalue weighted by atomic mass is 16.7. The van der Waals surface area contributed by atoms with Crippen molar-refractivity contribution in [3.05, 3.63) is 23.8 Å². The minimum absolute atomic E-state index is 0.139. The van der Waals surface area contributed by atoms with Gasteiger partial charge in [0.05, 0.1) is 0 Å². The van der Waals surface area contributed by atoms with E-state index in [0.29, 0.717) is 19.1 Å². The van der Waals surface area contributed by atoms with E-state index in [2.05, 4.69) is 57.5 Å². The van der Waals surface area contributed by atoms with Crippen molar-refractivity contribution in [2.24, 2.45) is 5.73 Å². The van der Waals surface area contributed by atoms with Crippen molar-refractivity contribution in [3.8, 4) is 11.5 Å². The number of benzene rings is 1. The molecule has 23 heavy (non-hydrogen) atoms. The van der Waals surface area contributed by atoms with Gasteiger partial charge in [0.15, 0.2) is 11.5 Å². The van der Waals surface area contributed by atoms with E-state index in [9.17, 15) is 0 Å². The SMILES string of the molecule is CCC.CCN(C)C(C)Cc1ccc2c(c1)OCO2.NCC=O. The monoisotopic (exact) mass is 324 g/mol. The fourth-order valence-corrected chi connectivity index (χ4v) is 1.88. The van der Waals surface area contributed by atoms with Crippen LogP contribution in [0.15, 0.2) is 18.2 Å². The molecule has 0 spiro atoms. The van der Waals surface area contributed by atoms with Gasteiger partial charge in [0.1, 0.15) is 6.29 Å². The Hall–Kier alpha value is -1.59. The second-order valence-electron chi connectivity index (χ2n) is 5.42. The summed E-state index contributed by atoms with van der Waals surface area (Å²) in [6, 6.07) is 6.75. The van der Waals surface area contributed by atoms with Crippen LogP contribution in [-0.2, 0) is 11.2 Å². The molecule has 2 N–H and O–H groups in total. The molecule has 132 valence electrons. The van der Waals surface area contributed by atoms with Crippen LogP contribution >= 0.6 is 0 Å². The topological polar surface area (TPSA) is 64.8 Å². The van der Waals surface area contributed by atoms with Gasteiger partial charge in [-0.3, -0.25) is 0 Å². The number of carbonyl (C=O) groups excluding carboxylic acids is 1. The van der Waals surface area contributed by atoms with Gasteiger partial charge in [0.25, 0.3) is 0 Å². The van der Waals surface area contributed by atoms with Gasteiger partial charge in [-0.15, -0.1) is 0 Å². The lowest BCUT2D eigenvalue weighted by molar-refractivity contribution is -0.106. The maximum Gasteiger partial charge on any atom is 0.231 e. The average Bonchev–Trinajstić information content (AvgIpc) is 3.02. The number of nitrogens with two attached hydrogens (primary N) is 1. The van der Waals surface area contributed by atoms with Crippen molar-refractivity contribution >= 4 is 6.29 Å². The number of rotatable bonds is 5. The van der Waals surface area contributed by atoms with Gasteiger partial charge in [-0.05, 0) is 44.6 Å². The third-order valence-electron chi connectivity index (χ3n) is 3.32. The normalized spacial score (nSPS) is 12.7. The standard InChI is InChI=1S/C13H19NO2.C3H8.C2H5NO/c1-4-14(3)10(2)7-11-5-6-12-13(8-11)16-9-15-12;1-3-2;3-1-2-4/h5-6,8,10H,4,7,9H2,1-3H3;3H2,1-2H3;2H,1,3H2. The summed E-state index contributed by atoms with van der Waals surface area (Å²) < 4.78 is 10.7. The van der Waals surface area contributed by atoms with Crippen LogP contribution in [0.2, 0.25) is 0 Å². The summed E-state index contributed by atoms with van der Waals surface area (Å²) in [5.41, 5.74) is 5.96. The lowest BCUT2D eigenvalue weighted by Crippen LogP contribution is -2.30. The third-order valence-corrected chi connectivity index (χ3v) is 3.32. The highest BCUT2D eigenvalue weighted by molar-refractivity contribution is 5.51. The molecular formula is C18H32N2O3. The van der Waals surface area contributed by atoms with Crippen LogP contribution < -0.4 is 15.2 Å². The number of nitrogens with zero attached hydrogens (tertiary/aromatic N) is 1. The van der Waals surface area contributed by atoms with Crippen molar-refractivity contribution in [2.45, 2.75) is 46.6 Å². The zero-order chi connectivity index (χ0) is 17.7. The first kappa shape index (κ1) is 21.4. The van der Waals surface area contributed by atoms with Crippen LogP contribution in [0.4, 0.5) is 0 Å². The summed E-state index contributed by atoms with van der Waals surface area (Å²) in [7, 11) is 2.15. The van der Waals surface area contributed by atoms with E-state index in [-0.39, 0.29) is 6.54 Å². The Morgan fingerprint density at radius 2 is 1.83 bits per heavy atom. The fraction of sp³-hybridized carbons (Fsp3) is 0.611. The Labute approximate surface area is 140 Å². The molecule has 1 atom stereocenters. The van der Waals surface area contributed by atoms with E-state index in [0.717, 1.165) is 24.5 Å². The highest BCUT2D eigenvalue weighted by Gasteiger charge is 2.15. The molecule has 1 aromatic carbocycles. The van der Waals surface area contributed by atoms with Crippen molar-refractivity contribution in [1.29, 1.82) is 0 Å². The molecule has 1 aromatic rings. The van der Waals surface area contributed by atoms with Gasteiger partial charge in [0, 0.05) is 12.6 Å². The highest BCUT2D eigenvalue weighted by Crippen LogP contribution is 2.32. The first-order chi connectivity index (χ1) is 11.0. The summed E-state index contributed by atoms with van der Waals surface area (Å²) >= 11 is 0. The molecule has 0 radical (unpaired) electrons. The summed E-state index contributed by atoms with van der Waals surface area (Å²) in [6.07, 6.45) is 2.95. The number of aldehydes is 1. The van der Waals surface area contributed by atoms with E-state index in [4.69, 9.17) is 14.3 Å². The largest absolute Gasteiger partial charge is 0.454 e. The van der Waals surface area contributed by atoms with E-state index in [1.165, 1.54) is 12.0 Å². The lowest BCUT2D eigenvalue weighted by Gasteiger charge is -2.23. The second-order valence-corrected chi connectivity index (χ2v) is 5.42. The van der Waals surface area contributed by atoms with Crippen molar-refractivity contribution < 1.29 is 14.3 Å². The molecule has 2 rings (SSSR count). The molecule has 5 heteroatoms.